The fourth-order valence-corrected chi connectivity index (χ4v) is 1.69. The van der Waals surface area contributed by atoms with Gasteiger partial charge in [0, 0.05) is 31.6 Å². The summed E-state index contributed by atoms with van der Waals surface area (Å²) in [6.45, 7) is 1.86. The van der Waals surface area contributed by atoms with Crippen molar-refractivity contribution in [1.29, 1.82) is 0 Å². The molecular formula is C11H15N5O2. The minimum atomic E-state index is -0.247. The third-order valence-electron chi connectivity index (χ3n) is 2.84. The molecule has 1 atom stereocenters. The second-order valence-corrected chi connectivity index (χ2v) is 4.19. The average Bonchev–Trinajstić information content (AvgIpc) is 2.86. The molecule has 1 aliphatic heterocycles. The van der Waals surface area contributed by atoms with Crippen LogP contribution in [0.25, 0.3) is 0 Å². The van der Waals surface area contributed by atoms with Crippen LogP contribution in [0, 0.1) is 0 Å². The molecule has 0 spiro atoms. The smallest absolute Gasteiger partial charge is 0.267 e. The molecule has 2 amide bonds. The number of aromatic amines is 1. The van der Waals surface area contributed by atoms with Crippen molar-refractivity contribution in [2.45, 2.75) is 25.8 Å². The van der Waals surface area contributed by atoms with Crippen molar-refractivity contribution in [3.63, 3.8) is 0 Å². The van der Waals surface area contributed by atoms with Crippen LogP contribution in [-0.2, 0) is 9.59 Å². The summed E-state index contributed by atoms with van der Waals surface area (Å²) >= 11 is 0. The molecule has 0 saturated heterocycles. The van der Waals surface area contributed by atoms with E-state index in [9.17, 15) is 9.59 Å². The Morgan fingerprint density at radius 2 is 2.33 bits per heavy atom. The predicted molar refractivity (Wildman–Crippen MR) is 64.6 cm³/mol. The SMILES string of the molecule is CC(NC(=O)C1=NN(C)C(=O)CC1)c1cn[nH]c1. The van der Waals surface area contributed by atoms with Gasteiger partial charge in [-0.15, -0.1) is 0 Å². The third-order valence-corrected chi connectivity index (χ3v) is 2.84. The van der Waals surface area contributed by atoms with Gasteiger partial charge in [0.15, 0.2) is 0 Å². The number of carbonyl (C=O) groups is 2. The number of aromatic nitrogens is 2. The molecule has 18 heavy (non-hydrogen) atoms. The maximum atomic E-state index is 11.9. The molecule has 0 aliphatic carbocycles. The lowest BCUT2D eigenvalue weighted by Gasteiger charge is -2.20. The zero-order valence-electron chi connectivity index (χ0n) is 10.3. The summed E-state index contributed by atoms with van der Waals surface area (Å²) < 4.78 is 0. The molecule has 1 aliphatic rings. The Morgan fingerprint density at radius 1 is 1.56 bits per heavy atom. The summed E-state index contributed by atoms with van der Waals surface area (Å²) in [5, 5.41) is 14.5. The second kappa shape index (κ2) is 4.99. The largest absolute Gasteiger partial charge is 0.344 e. The predicted octanol–water partition coefficient (Wildman–Crippen LogP) is 0.195. The Hall–Kier alpha value is -2.18. The van der Waals surface area contributed by atoms with Gasteiger partial charge in [-0.2, -0.15) is 10.2 Å². The first kappa shape index (κ1) is 12.3. The summed E-state index contributed by atoms with van der Waals surface area (Å²) in [4.78, 5) is 23.2. The average molecular weight is 249 g/mol. The van der Waals surface area contributed by atoms with Gasteiger partial charge in [0.25, 0.3) is 5.91 Å². The van der Waals surface area contributed by atoms with Crippen LogP contribution in [-0.4, -0.2) is 39.8 Å². The van der Waals surface area contributed by atoms with E-state index in [0.717, 1.165) is 5.56 Å². The fourth-order valence-electron chi connectivity index (χ4n) is 1.69. The summed E-state index contributed by atoms with van der Waals surface area (Å²) in [5.74, 6) is -0.322. The Morgan fingerprint density at radius 3 is 2.94 bits per heavy atom. The van der Waals surface area contributed by atoms with Gasteiger partial charge in [0.1, 0.15) is 5.71 Å². The Bertz CT molecular complexity index is 480. The van der Waals surface area contributed by atoms with Crippen molar-refractivity contribution >= 4 is 17.5 Å². The van der Waals surface area contributed by atoms with E-state index in [1.165, 1.54) is 5.01 Å². The number of carbonyl (C=O) groups excluding carboxylic acids is 2. The number of nitrogens with one attached hydrogen (secondary N) is 2. The van der Waals surface area contributed by atoms with Crippen LogP contribution >= 0.6 is 0 Å². The molecule has 1 unspecified atom stereocenters. The number of hydrazone groups is 1. The van der Waals surface area contributed by atoms with Crippen molar-refractivity contribution in [3.05, 3.63) is 18.0 Å². The summed E-state index contributed by atoms with van der Waals surface area (Å²) in [6.07, 6.45) is 4.09. The van der Waals surface area contributed by atoms with Crippen molar-refractivity contribution in [2.24, 2.45) is 5.10 Å². The van der Waals surface area contributed by atoms with Crippen molar-refractivity contribution < 1.29 is 9.59 Å². The molecule has 2 rings (SSSR count). The zero-order valence-corrected chi connectivity index (χ0v) is 10.3. The van der Waals surface area contributed by atoms with Crippen LogP contribution in [0.15, 0.2) is 17.5 Å². The lowest BCUT2D eigenvalue weighted by atomic mass is 10.1. The van der Waals surface area contributed by atoms with Gasteiger partial charge in [-0.25, -0.2) is 5.01 Å². The minimum absolute atomic E-state index is 0.0746. The number of rotatable bonds is 3. The Balaban J connectivity index is 2.00. The van der Waals surface area contributed by atoms with E-state index in [2.05, 4.69) is 20.6 Å². The van der Waals surface area contributed by atoms with E-state index >= 15 is 0 Å². The summed E-state index contributed by atoms with van der Waals surface area (Å²) in [6, 6.07) is -0.151. The zero-order chi connectivity index (χ0) is 13.1. The summed E-state index contributed by atoms with van der Waals surface area (Å²) in [5.41, 5.74) is 1.27. The quantitative estimate of drug-likeness (QED) is 0.801. The second-order valence-electron chi connectivity index (χ2n) is 4.19. The van der Waals surface area contributed by atoms with E-state index in [4.69, 9.17) is 0 Å². The van der Waals surface area contributed by atoms with Crippen LogP contribution in [0.1, 0.15) is 31.4 Å². The highest BCUT2D eigenvalue weighted by Gasteiger charge is 2.23. The maximum absolute atomic E-state index is 11.9. The van der Waals surface area contributed by atoms with Crippen LogP contribution in [0.4, 0.5) is 0 Å². The molecule has 0 saturated carbocycles. The minimum Gasteiger partial charge on any atom is -0.344 e. The highest BCUT2D eigenvalue weighted by molar-refractivity contribution is 6.39. The van der Waals surface area contributed by atoms with Gasteiger partial charge in [0.2, 0.25) is 5.91 Å². The molecule has 7 nitrogen and oxygen atoms in total. The summed E-state index contributed by atoms with van der Waals surface area (Å²) in [7, 11) is 1.55. The number of hydrogen-bond donors (Lipinski definition) is 2. The number of hydrogen-bond acceptors (Lipinski definition) is 4. The topological polar surface area (TPSA) is 90.4 Å². The Kier molecular flexibility index (Phi) is 3.40. The van der Waals surface area contributed by atoms with Crippen LogP contribution in [0.5, 0.6) is 0 Å². The first-order chi connectivity index (χ1) is 8.58. The molecular weight excluding hydrogens is 234 g/mol. The molecule has 1 aromatic rings. The normalized spacial score (nSPS) is 17.3. The van der Waals surface area contributed by atoms with Gasteiger partial charge in [-0.05, 0) is 6.92 Å². The van der Waals surface area contributed by atoms with E-state index in [1.807, 2.05) is 6.92 Å². The molecule has 0 radical (unpaired) electrons. The van der Waals surface area contributed by atoms with E-state index in [0.29, 0.717) is 18.6 Å². The number of H-pyrrole nitrogens is 1. The van der Waals surface area contributed by atoms with Crippen molar-refractivity contribution in [2.75, 3.05) is 7.05 Å². The third kappa shape index (κ3) is 2.55. The lowest BCUT2D eigenvalue weighted by Crippen LogP contribution is -2.38. The van der Waals surface area contributed by atoms with Gasteiger partial charge in [0.05, 0.1) is 12.2 Å². The molecule has 2 heterocycles. The van der Waals surface area contributed by atoms with Gasteiger partial charge >= 0.3 is 0 Å². The molecule has 0 fully saturated rings. The van der Waals surface area contributed by atoms with Crippen molar-refractivity contribution in [1.82, 2.24) is 20.5 Å². The van der Waals surface area contributed by atoms with E-state index in [1.54, 1.807) is 19.4 Å². The monoisotopic (exact) mass is 249 g/mol. The molecule has 7 heteroatoms. The fraction of sp³-hybridized carbons (Fsp3) is 0.455. The highest BCUT2D eigenvalue weighted by Crippen LogP contribution is 2.11. The van der Waals surface area contributed by atoms with Gasteiger partial charge in [-0.3, -0.25) is 14.7 Å². The van der Waals surface area contributed by atoms with E-state index < -0.39 is 0 Å². The molecule has 96 valence electrons. The molecule has 1 aromatic heterocycles. The van der Waals surface area contributed by atoms with Gasteiger partial charge < -0.3 is 5.32 Å². The number of nitrogens with zero attached hydrogens (tertiary/aromatic N) is 3. The standard InChI is InChI=1S/C11H15N5O2/c1-7(8-5-12-13-6-8)14-11(18)9-3-4-10(17)16(2)15-9/h5-7H,3-4H2,1-2H3,(H,12,13)(H,14,18). The number of amides is 2. The lowest BCUT2D eigenvalue weighted by molar-refractivity contribution is -0.130. The van der Waals surface area contributed by atoms with Gasteiger partial charge in [-0.1, -0.05) is 0 Å². The molecule has 0 aromatic carbocycles. The maximum Gasteiger partial charge on any atom is 0.267 e. The van der Waals surface area contributed by atoms with Crippen LogP contribution in [0.3, 0.4) is 0 Å². The highest BCUT2D eigenvalue weighted by atomic mass is 16.2. The molecule has 2 N–H and O–H groups in total. The first-order valence-corrected chi connectivity index (χ1v) is 5.71. The van der Waals surface area contributed by atoms with E-state index in [-0.39, 0.29) is 17.9 Å². The van der Waals surface area contributed by atoms with Crippen LogP contribution in [0.2, 0.25) is 0 Å². The van der Waals surface area contributed by atoms with Crippen LogP contribution < -0.4 is 5.32 Å². The first-order valence-electron chi connectivity index (χ1n) is 5.71. The molecule has 0 bridgehead atoms. The van der Waals surface area contributed by atoms with Crippen molar-refractivity contribution in [3.8, 4) is 0 Å². The Labute approximate surface area is 104 Å².